The van der Waals surface area contributed by atoms with Crippen LogP contribution in [0.15, 0.2) is 28.0 Å². The SMILES string of the molecule is C[NH+]1CCN(S(=O)(=O)c2ccc(SC3CCCC3)c([N+](=O)[O-])c2)CC1. The van der Waals surface area contributed by atoms with E-state index in [1.165, 1.54) is 33.1 Å². The molecule has 2 fully saturated rings. The molecule has 0 bridgehead atoms. The summed E-state index contributed by atoms with van der Waals surface area (Å²) in [6, 6.07) is 4.36. The maximum Gasteiger partial charge on any atom is 0.284 e. The summed E-state index contributed by atoms with van der Waals surface area (Å²) in [6.45, 7) is 2.38. The monoisotopic (exact) mass is 386 g/mol. The molecule has 1 saturated heterocycles. The Balaban J connectivity index is 1.86. The predicted octanol–water partition coefficient (Wildman–Crippen LogP) is 1.15. The molecule has 2 aliphatic rings. The summed E-state index contributed by atoms with van der Waals surface area (Å²) in [4.78, 5) is 12.9. The van der Waals surface area contributed by atoms with Gasteiger partial charge in [-0.25, -0.2) is 8.42 Å². The van der Waals surface area contributed by atoms with Crippen molar-refractivity contribution in [3.63, 3.8) is 0 Å². The van der Waals surface area contributed by atoms with Crippen LogP contribution in [0.25, 0.3) is 0 Å². The Morgan fingerprint density at radius 3 is 2.48 bits per heavy atom. The number of nitro groups is 1. The molecule has 1 aliphatic carbocycles. The minimum Gasteiger partial charge on any atom is -0.335 e. The Kier molecular flexibility index (Phi) is 5.67. The summed E-state index contributed by atoms with van der Waals surface area (Å²) in [5.74, 6) is 0. The minimum atomic E-state index is -3.68. The van der Waals surface area contributed by atoms with Gasteiger partial charge in [-0.1, -0.05) is 12.8 Å². The summed E-state index contributed by atoms with van der Waals surface area (Å²) in [5, 5.41) is 11.9. The smallest absolute Gasteiger partial charge is 0.284 e. The quantitative estimate of drug-likeness (QED) is 0.606. The number of hydrogen-bond donors (Lipinski definition) is 1. The second kappa shape index (κ2) is 7.61. The van der Waals surface area contributed by atoms with Gasteiger partial charge in [-0.3, -0.25) is 10.1 Å². The number of benzene rings is 1. The Bertz CT molecular complexity index is 740. The zero-order valence-corrected chi connectivity index (χ0v) is 15.9. The highest BCUT2D eigenvalue weighted by molar-refractivity contribution is 8.00. The van der Waals surface area contributed by atoms with E-state index in [9.17, 15) is 18.5 Å². The highest BCUT2D eigenvalue weighted by atomic mass is 32.2. The molecule has 0 amide bonds. The molecule has 0 atom stereocenters. The molecule has 1 aliphatic heterocycles. The molecule has 1 saturated carbocycles. The van der Waals surface area contributed by atoms with Crippen LogP contribution in [0.5, 0.6) is 0 Å². The van der Waals surface area contributed by atoms with Gasteiger partial charge < -0.3 is 4.90 Å². The fourth-order valence-electron chi connectivity index (χ4n) is 3.34. The first-order valence-corrected chi connectivity index (χ1v) is 11.0. The molecular formula is C16H24N3O4S2+. The van der Waals surface area contributed by atoms with E-state index in [0.717, 1.165) is 38.8 Å². The van der Waals surface area contributed by atoms with Gasteiger partial charge >= 0.3 is 0 Å². The van der Waals surface area contributed by atoms with Crippen molar-refractivity contribution in [3.8, 4) is 0 Å². The third kappa shape index (κ3) is 4.16. The Hall–Kier alpha value is -1.16. The van der Waals surface area contributed by atoms with E-state index in [1.807, 2.05) is 7.05 Å². The number of nitro benzene ring substituents is 1. The number of nitrogens with zero attached hydrogens (tertiary/aromatic N) is 2. The Morgan fingerprint density at radius 2 is 1.88 bits per heavy atom. The molecule has 0 spiro atoms. The molecule has 0 aromatic heterocycles. The average molecular weight is 387 g/mol. The normalized spacial score (nSPS) is 20.8. The maximum absolute atomic E-state index is 12.8. The Morgan fingerprint density at radius 1 is 1.24 bits per heavy atom. The first-order chi connectivity index (χ1) is 11.9. The molecule has 3 rings (SSSR count). The largest absolute Gasteiger partial charge is 0.335 e. The van der Waals surface area contributed by atoms with Crippen LogP contribution in [0.3, 0.4) is 0 Å². The van der Waals surface area contributed by atoms with Crippen LogP contribution in [0.2, 0.25) is 0 Å². The van der Waals surface area contributed by atoms with Gasteiger partial charge in [0, 0.05) is 11.3 Å². The predicted molar refractivity (Wildman–Crippen MR) is 96.6 cm³/mol. The number of likely N-dealkylation sites (N-methyl/N-ethyl adjacent to an activating group) is 1. The number of nitrogens with one attached hydrogen (secondary N) is 1. The molecule has 25 heavy (non-hydrogen) atoms. The van der Waals surface area contributed by atoms with Crippen LogP contribution in [-0.4, -0.2) is 56.1 Å². The van der Waals surface area contributed by atoms with Crippen LogP contribution in [0.4, 0.5) is 5.69 Å². The average Bonchev–Trinajstić information content (AvgIpc) is 3.08. The molecule has 138 valence electrons. The van der Waals surface area contributed by atoms with E-state index in [-0.39, 0.29) is 10.6 Å². The van der Waals surface area contributed by atoms with Gasteiger partial charge in [0.05, 0.1) is 47.9 Å². The number of sulfonamides is 1. The fourth-order valence-corrected chi connectivity index (χ4v) is 6.13. The topological polar surface area (TPSA) is 85.0 Å². The highest BCUT2D eigenvalue weighted by Gasteiger charge is 2.31. The van der Waals surface area contributed by atoms with Gasteiger partial charge in [0.15, 0.2) is 0 Å². The van der Waals surface area contributed by atoms with Gasteiger partial charge in [-0.15, -0.1) is 11.8 Å². The van der Waals surface area contributed by atoms with E-state index in [2.05, 4.69) is 0 Å². The molecule has 7 nitrogen and oxygen atoms in total. The maximum atomic E-state index is 12.8. The summed E-state index contributed by atoms with van der Waals surface area (Å²) < 4.78 is 27.1. The van der Waals surface area contributed by atoms with Gasteiger partial charge in [0.1, 0.15) is 0 Å². The van der Waals surface area contributed by atoms with Gasteiger partial charge in [0.2, 0.25) is 10.0 Å². The lowest BCUT2D eigenvalue weighted by Crippen LogP contribution is -3.12. The van der Waals surface area contributed by atoms with Crippen LogP contribution in [0.1, 0.15) is 25.7 Å². The van der Waals surface area contributed by atoms with E-state index >= 15 is 0 Å². The van der Waals surface area contributed by atoms with Gasteiger partial charge in [0.25, 0.3) is 5.69 Å². The van der Waals surface area contributed by atoms with Crippen molar-refractivity contribution < 1.29 is 18.2 Å². The number of thioether (sulfide) groups is 1. The van der Waals surface area contributed by atoms with Crippen molar-refractivity contribution in [3.05, 3.63) is 28.3 Å². The molecule has 1 heterocycles. The number of quaternary nitrogens is 1. The number of hydrogen-bond acceptors (Lipinski definition) is 5. The zero-order chi connectivity index (χ0) is 18.0. The Labute approximate surface area is 152 Å². The van der Waals surface area contributed by atoms with Crippen LogP contribution in [0, 0.1) is 10.1 Å². The number of piperazine rings is 1. The van der Waals surface area contributed by atoms with Crippen molar-refractivity contribution in [2.75, 3.05) is 33.2 Å². The first-order valence-electron chi connectivity index (χ1n) is 8.64. The second-order valence-corrected chi connectivity index (χ2v) is 10.1. The van der Waals surface area contributed by atoms with E-state index in [0.29, 0.717) is 23.2 Å². The van der Waals surface area contributed by atoms with Crippen LogP contribution < -0.4 is 4.90 Å². The molecular weight excluding hydrogens is 362 g/mol. The van der Waals surface area contributed by atoms with Crippen molar-refractivity contribution in [1.82, 2.24) is 4.31 Å². The third-order valence-corrected chi connectivity index (χ3v) is 8.24. The van der Waals surface area contributed by atoms with Crippen LogP contribution in [-0.2, 0) is 10.0 Å². The van der Waals surface area contributed by atoms with Gasteiger partial charge in [-0.05, 0) is 25.0 Å². The van der Waals surface area contributed by atoms with E-state index in [4.69, 9.17) is 0 Å². The highest BCUT2D eigenvalue weighted by Crippen LogP contribution is 2.39. The molecule has 1 N–H and O–H groups in total. The minimum absolute atomic E-state index is 0.0227. The lowest BCUT2D eigenvalue weighted by atomic mass is 10.3. The van der Waals surface area contributed by atoms with Crippen molar-refractivity contribution >= 4 is 27.5 Å². The summed E-state index contributed by atoms with van der Waals surface area (Å²) in [7, 11) is -1.65. The van der Waals surface area contributed by atoms with E-state index < -0.39 is 14.9 Å². The van der Waals surface area contributed by atoms with Gasteiger partial charge in [-0.2, -0.15) is 4.31 Å². The molecule has 1 aromatic rings. The van der Waals surface area contributed by atoms with Crippen molar-refractivity contribution in [2.24, 2.45) is 0 Å². The lowest BCUT2D eigenvalue weighted by Gasteiger charge is -2.29. The summed E-state index contributed by atoms with van der Waals surface area (Å²) in [5.41, 5.74) is -0.0993. The third-order valence-electron chi connectivity index (χ3n) is 4.94. The summed E-state index contributed by atoms with van der Waals surface area (Å²) in [6.07, 6.45) is 4.43. The fraction of sp³-hybridized carbons (Fsp3) is 0.625. The van der Waals surface area contributed by atoms with Crippen molar-refractivity contribution in [2.45, 2.75) is 40.7 Å². The lowest BCUT2D eigenvalue weighted by molar-refractivity contribution is -0.883. The van der Waals surface area contributed by atoms with Crippen LogP contribution >= 0.6 is 11.8 Å². The van der Waals surface area contributed by atoms with Crippen molar-refractivity contribution in [1.29, 1.82) is 0 Å². The second-order valence-electron chi connectivity index (χ2n) is 6.77. The molecule has 9 heteroatoms. The molecule has 0 radical (unpaired) electrons. The number of rotatable bonds is 5. The zero-order valence-electron chi connectivity index (χ0n) is 14.3. The molecule has 0 unspecified atom stereocenters. The van der Waals surface area contributed by atoms with E-state index in [1.54, 1.807) is 6.07 Å². The first kappa shape index (κ1) is 18.6. The standard InChI is InChI=1S/C16H23N3O4S2/c1-17-8-10-18(11-9-17)25(22,23)14-6-7-16(15(12-14)19(20)21)24-13-4-2-3-5-13/h6-7,12-13H,2-5,8-11H2,1H3/p+1. The summed E-state index contributed by atoms with van der Waals surface area (Å²) >= 11 is 1.51. The molecule has 1 aromatic carbocycles.